The molecule has 1 aromatic heterocycles. The van der Waals surface area contributed by atoms with Crippen LogP contribution in [0.1, 0.15) is 25.6 Å². The van der Waals surface area contributed by atoms with Gasteiger partial charge in [0.25, 0.3) is 5.19 Å². The molecule has 1 heterocycles. The summed E-state index contributed by atoms with van der Waals surface area (Å²) in [6, 6.07) is 4.20. The number of ether oxygens (including phenoxy) is 1. The Kier molecular flexibility index (Phi) is 3.96. The summed E-state index contributed by atoms with van der Waals surface area (Å²) in [6.07, 6.45) is 0. The van der Waals surface area contributed by atoms with Crippen molar-refractivity contribution < 1.29 is 9.66 Å². The van der Waals surface area contributed by atoms with Crippen molar-refractivity contribution in [2.24, 2.45) is 0 Å². The predicted molar refractivity (Wildman–Crippen MR) is 72.2 cm³/mol. The molecule has 100 valence electrons. The zero-order valence-corrected chi connectivity index (χ0v) is 11.7. The molecule has 0 bridgehead atoms. The molecule has 2 aromatic rings. The number of benzene rings is 1. The first-order valence-electron chi connectivity index (χ1n) is 5.42. The lowest BCUT2D eigenvalue weighted by Gasteiger charge is -2.02. The molecule has 0 aliphatic carbocycles. The minimum Gasteiger partial charge on any atom is -0.422 e. The summed E-state index contributed by atoms with van der Waals surface area (Å²) in [5, 5.41) is 11.5. The van der Waals surface area contributed by atoms with Crippen molar-refractivity contribution in [2.45, 2.75) is 19.8 Å². The van der Waals surface area contributed by atoms with Crippen LogP contribution in [0.25, 0.3) is 0 Å². The highest BCUT2D eigenvalue weighted by molar-refractivity contribution is 7.07. The van der Waals surface area contributed by atoms with Gasteiger partial charge in [-0.2, -0.15) is 9.36 Å². The van der Waals surface area contributed by atoms with Gasteiger partial charge in [-0.1, -0.05) is 25.4 Å². The van der Waals surface area contributed by atoms with Gasteiger partial charge in [-0.15, -0.1) is 0 Å². The van der Waals surface area contributed by atoms with Crippen LogP contribution in [0.15, 0.2) is 18.2 Å². The van der Waals surface area contributed by atoms with Crippen molar-refractivity contribution in [1.29, 1.82) is 0 Å². The lowest BCUT2D eigenvalue weighted by atomic mass is 10.2. The van der Waals surface area contributed by atoms with Crippen LogP contribution in [0, 0.1) is 10.1 Å². The lowest BCUT2D eigenvalue weighted by molar-refractivity contribution is -0.385. The molecule has 6 nitrogen and oxygen atoms in total. The van der Waals surface area contributed by atoms with Crippen molar-refractivity contribution in [3.63, 3.8) is 0 Å². The number of nitrogens with zero attached hydrogens (tertiary/aromatic N) is 3. The lowest BCUT2D eigenvalue weighted by Crippen LogP contribution is -1.94. The minimum absolute atomic E-state index is 0.0980. The molecule has 0 atom stereocenters. The third-order valence-corrected chi connectivity index (χ3v) is 3.10. The average molecular weight is 300 g/mol. The van der Waals surface area contributed by atoms with E-state index in [2.05, 4.69) is 9.36 Å². The largest absolute Gasteiger partial charge is 0.422 e. The topological polar surface area (TPSA) is 78.2 Å². The summed E-state index contributed by atoms with van der Waals surface area (Å²) in [4.78, 5) is 14.5. The molecule has 0 unspecified atom stereocenters. The highest BCUT2D eigenvalue weighted by Gasteiger charge is 2.18. The predicted octanol–water partition coefficient (Wildman–Crippen LogP) is 4.02. The Morgan fingerprint density at radius 1 is 1.47 bits per heavy atom. The number of halogens is 1. The molecule has 0 spiro atoms. The summed E-state index contributed by atoms with van der Waals surface area (Å²) in [5.74, 6) is 0.922. The molecule has 0 saturated heterocycles. The molecule has 19 heavy (non-hydrogen) atoms. The van der Waals surface area contributed by atoms with Crippen LogP contribution in [-0.4, -0.2) is 14.3 Å². The second-order valence-corrected chi connectivity index (χ2v) is 5.20. The van der Waals surface area contributed by atoms with E-state index in [1.165, 1.54) is 18.2 Å². The zero-order valence-electron chi connectivity index (χ0n) is 10.2. The van der Waals surface area contributed by atoms with Crippen molar-refractivity contribution >= 4 is 28.8 Å². The quantitative estimate of drug-likeness (QED) is 0.629. The Morgan fingerprint density at radius 2 is 2.21 bits per heavy atom. The maximum Gasteiger partial charge on any atom is 0.313 e. The Balaban J connectivity index is 2.29. The average Bonchev–Trinajstić information content (AvgIpc) is 2.80. The summed E-state index contributed by atoms with van der Waals surface area (Å²) < 4.78 is 9.51. The van der Waals surface area contributed by atoms with Gasteiger partial charge in [-0.25, -0.2) is 0 Å². The molecule has 2 rings (SSSR count). The minimum atomic E-state index is -0.550. The Hall–Kier alpha value is -1.73. The number of aromatic nitrogens is 2. The second-order valence-electron chi connectivity index (χ2n) is 4.04. The van der Waals surface area contributed by atoms with E-state index in [0.717, 1.165) is 11.5 Å². The van der Waals surface area contributed by atoms with Crippen LogP contribution in [-0.2, 0) is 0 Å². The molecule has 0 N–H and O–H groups in total. The fraction of sp³-hybridized carbons (Fsp3) is 0.273. The zero-order chi connectivity index (χ0) is 14.0. The van der Waals surface area contributed by atoms with E-state index in [0.29, 0.717) is 5.82 Å². The van der Waals surface area contributed by atoms with Gasteiger partial charge < -0.3 is 4.74 Å². The van der Waals surface area contributed by atoms with E-state index in [4.69, 9.17) is 16.3 Å². The van der Waals surface area contributed by atoms with E-state index < -0.39 is 4.92 Å². The summed E-state index contributed by atoms with van der Waals surface area (Å²) >= 11 is 6.78. The van der Waals surface area contributed by atoms with Crippen molar-refractivity contribution in [3.8, 4) is 10.9 Å². The molecule has 0 radical (unpaired) electrons. The SMILES string of the molecule is CC(C)c1nsc(Oc2ccc(Cl)cc2[N+](=O)[O-])n1. The monoisotopic (exact) mass is 299 g/mol. The number of hydrogen-bond acceptors (Lipinski definition) is 6. The molecule has 0 aliphatic heterocycles. The van der Waals surface area contributed by atoms with Gasteiger partial charge >= 0.3 is 5.69 Å². The van der Waals surface area contributed by atoms with Crippen molar-refractivity contribution in [1.82, 2.24) is 9.36 Å². The van der Waals surface area contributed by atoms with Gasteiger partial charge in [0.2, 0.25) is 5.75 Å². The van der Waals surface area contributed by atoms with Crippen LogP contribution < -0.4 is 4.74 Å². The molecular weight excluding hydrogens is 290 g/mol. The van der Waals surface area contributed by atoms with E-state index in [9.17, 15) is 10.1 Å². The van der Waals surface area contributed by atoms with Gasteiger partial charge in [0, 0.05) is 28.5 Å². The number of nitro benzene ring substituents is 1. The van der Waals surface area contributed by atoms with E-state index >= 15 is 0 Å². The van der Waals surface area contributed by atoms with Gasteiger partial charge in [0.15, 0.2) is 0 Å². The summed E-state index contributed by atoms with van der Waals surface area (Å²) in [7, 11) is 0. The second kappa shape index (κ2) is 5.50. The standard InChI is InChI=1S/C11H10ClN3O3S/c1-6(2)10-13-11(19-14-10)18-9-4-3-7(12)5-8(9)15(16)17/h3-6H,1-2H3. The van der Waals surface area contributed by atoms with Crippen LogP contribution in [0.2, 0.25) is 5.02 Å². The van der Waals surface area contributed by atoms with E-state index in [1.807, 2.05) is 13.8 Å². The number of nitro groups is 1. The third kappa shape index (κ3) is 3.18. The highest BCUT2D eigenvalue weighted by atomic mass is 35.5. The highest BCUT2D eigenvalue weighted by Crippen LogP contribution is 2.34. The summed E-state index contributed by atoms with van der Waals surface area (Å²) in [5.41, 5.74) is -0.200. The molecule has 0 fully saturated rings. The van der Waals surface area contributed by atoms with Crippen molar-refractivity contribution in [3.05, 3.63) is 39.2 Å². The normalized spacial score (nSPS) is 10.7. The maximum absolute atomic E-state index is 10.9. The molecule has 8 heteroatoms. The molecular formula is C11H10ClN3O3S. The van der Waals surface area contributed by atoms with Crippen LogP contribution >= 0.6 is 23.1 Å². The van der Waals surface area contributed by atoms with Gasteiger partial charge in [0.05, 0.1) is 4.92 Å². The fourth-order valence-electron chi connectivity index (χ4n) is 1.31. The number of rotatable bonds is 4. The van der Waals surface area contributed by atoms with Crippen LogP contribution in [0.4, 0.5) is 5.69 Å². The van der Waals surface area contributed by atoms with Crippen LogP contribution in [0.5, 0.6) is 10.9 Å². The van der Waals surface area contributed by atoms with Crippen molar-refractivity contribution in [2.75, 3.05) is 0 Å². The van der Waals surface area contributed by atoms with E-state index in [1.54, 1.807) is 0 Å². The van der Waals surface area contributed by atoms with Gasteiger partial charge in [-0.3, -0.25) is 10.1 Å². The Morgan fingerprint density at radius 3 is 2.79 bits per heavy atom. The Bertz CT molecular complexity index is 615. The molecule has 0 amide bonds. The van der Waals surface area contributed by atoms with Crippen LogP contribution in [0.3, 0.4) is 0 Å². The first kappa shape index (κ1) is 13.7. The first-order valence-corrected chi connectivity index (χ1v) is 6.58. The third-order valence-electron chi connectivity index (χ3n) is 2.25. The summed E-state index contributed by atoms with van der Waals surface area (Å²) in [6.45, 7) is 3.91. The first-order chi connectivity index (χ1) is 8.97. The number of hydrogen-bond donors (Lipinski definition) is 0. The molecule has 1 aromatic carbocycles. The van der Waals surface area contributed by atoms with Gasteiger partial charge in [0.1, 0.15) is 5.82 Å². The Labute approximate surface area is 118 Å². The fourth-order valence-corrected chi connectivity index (χ4v) is 2.16. The van der Waals surface area contributed by atoms with Gasteiger partial charge in [-0.05, 0) is 12.1 Å². The smallest absolute Gasteiger partial charge is 0.313 e. The van der Waals surface area contributed by atoms with E-state index in [-0.39, 0.29) is 27.6 Å². The maximum atomic E-state index is 10.9. The molecule has 0 aliphatic rings. The molecule has 0 saturated carbocycles.